The monoisotopic (exact) mass is 317 g/mol. The number of unbranched alkanes of at least 4 members (excludes halogenated alkanes) is 9. The van der Waals surface area contributed by atoms with Gasteiger partial charge in [-0.1, -0.05) is 64.7 Å². The average Bonchev–Trinajstić information content (AvgIpc) is 2.45. The fourth-order valence-electron chi connectivity index (χ4n) is 1.92. The molecule has 1 unspecified atom stereocenters. The van der Waals surface area contributed by atoms with Crippen LogP contribution in [0, 0.1) is 0 Å². The van der Waals surface area contributed by atoms with Gasteiger partial charge in [-0.05, 0) is 13.0 Å². The first-order chi connectivity index (χ1) is 10.5. The Morgan fingerprint density at radius 2 is 1.27 bits per heavy atom. The lowest BCUT2D eigenvalue weighted by Crippen LogP contribution is -2.32. The van der Waals surface area contributed by atoms with Crippen molar-refractivity contribution >= 4 is 11.8 Å². The lowest BCUT2D eigenvalue weighted by Gasteiger charge is -2.00. The standard InChI is InChI=1S/C12H27N.C4H8N2O3/c1-2-3-4-5-6-7-8-9-10-11-12-13;5-3(8)1-2(7)4(6)9/h2-13H2,1H3;2,7H,1H2,(H2,5,8)(H2,6,9). The summed E-state index contributed by atoms with van der Waals surface area (Å²) in [6.45, 7) is 3.14. The number of aliphatic hydroxyl groups is 1. The van der Waals surface area contributed by atoms with Crippen molar-refractivity contribution in [2.75, 3.05) is 6.54 Å². The molecule has 1 atom stereocenters. The fourth-order valence-corrected chi connectivity index (χ4v) is 1.92. The molecule has 6 heteroatoms. The van der Waals surface area contributed by atoms with Crippen LogP contribution in [-0.4, -0.2) is 29.6 Å². The third-order valence-corrected chi connectivity index (χ3v) is 3.28. The number of amides is 2. The first-order valence-corrected chi connectivity index (χ1v) is 8.41. The number of nitrogens with two attached hydrogens (primary N) is 3. The van der Waals surface area contributed by atoms with Gasteiger partial charge < -0.3 is 22.3 Å². The number of carbonyl (C=O) groups excluding carboxylic acids is 2. The summed E-state index contributed by atoms with van der Waals surface area (Å²) in [6, 6.07) is 0. The Labute approximate surface area is 134 Å². The Balaban J connectivity index is 0. The first-order valence-electron chi connectivity index (χ1n) is 8.41. The summed E-state index contributed by atoms with van der Waals surface area (Å²) < 4.78 is 0. The maximum absolute atomic E-state index is 10.00. The van der Waals surface area contributed by atoms with E-state index in [1.165, 1.54) is 64.2 Å². The highest BCUT2D eigenvalue weighted by Crippen LogP contribution is 2.09. The van der Waals surface area contributed by atoms with Crippen molar-refractivity contribution in [2.45, 2.75) is 83.7 Å². The van der Waals surface area contributed by atoms with E-state index >= 15 is 0 Å². The second-order valence-corrected chi connectivity index (χ2v) is 5.56. The molecule has 0 aromatic carbocycles. The van der Waals surface area contributed by atoms with Gasteiger partial charge in [-0.25, -0.2) is 0 Å². The second-order valence-electron chi connectivity index (χ2n) is 5.56. The summed E-state index contributed by atoms with van der Waals surface area (Å²) in [7, 11) is 0. The highest BCUT2D eigenvalue weighted by atomic mass is 16.3. The third kappa shape index (κ3) is 21.2. The maximum Gasteiger partial charge on any atom is 0.246 e. The van der Waals surface area contributed by atoms with Crippen molar-refractivity contribution in [3.63, 3.8) is 0 Å². The minimum Gasteiger partial charge on any atom is -0.383 e. The molecule has 0 aromatic rings. The average molecular weight is 317 g/mol. The van der Waals surface area contributed by atoms with Crippen LogP contribution in [0.2, 0.25) is 0 Å². The van der Waals surface area contributed by atoms with Gasteiger partial charge in [-0.2, -0.15) is 0 Å². The van der Waals surface area contributed by atoms with Gasteiger partial charge in [0, 0.05) is 0 Å². The van der Waals surface area contributed by atoms with Crippen LogP contribution in [0.4, 0.5) is 0 Å². The highest BCUT2D eigenvalue weighted by Gasteiger charge is 2.12. The first kappa shape index (κ1) is 23.1. The van der Waals surface area contributed by atoms with Crippen LogP contribution in [0.25, 0.3) is 0 Å². The normalized spacial score (nSPS) is 11.4. The number of rotatable bonds is 13. The molecule has 0 heterocycles. The van der Waals surface area contributed by atoms with Gasteiger partial charge >= 0.3 is 0 Å². The zero-order chi connectivity index (χ0) is 17.2. The van der Waals surface area contributed by atoms with Crippen molar-refractivity contribution in [3.05, 3.63) is 0 Å². The molecular formula is C16H35N3O3. The number of hydrogen-bond acceptors (Lipinski definition) is 4. The van der Waals surface area contributed by atoms with Crippen molar-refractivity contribution < 1.29 is 14.7 Å². The van der Waals surface area contributed by atoms with E-state index in [0.717, 1.165) is 6.54 Å². The molecule has 6 nitrogen and oxygen atoms in total. The van der Waals surface area contributed by atoms with Crippen molar-refractivity contribution in [1.82, 2.24) is 0 Å². The van der Waals surface area contributed by atoms with Crippen LogP contribution in [0.15, 0.2) is 0 Å². The minimum absolute atomic E-state index is 0.407. The summed E-state index contributed by atoms with van der Waals surface area (Å²) in [4.78, 5) is 20.0. The molecule has 132 valence electrons. The number of carbonyl (C=O) groups is 2. The number of primary amides is 2. The molecule has 2 amide bonds. The van der Waals surface area contributed by atoms with Crippen LogP contribution < -0.4 is 17.2 Å². The summed E-state index contributed by atoms with van der Waals surface area (Å²) in [5, 5.41) is 8.52. The molecular weight excluding hydrogens is 282 g/mol. The molecule has 0 aliphatic heterocycles. The molecule has 0 saturated carbocycles. The molecule has 0 radical (unpaired) electrons. The van der Waals surface area contributed by atoms with E-state index in [0.29, 0.717) is 0 Å². The second kappa shape index (κ2) is 17.9. The Hall–Kier alpha value is -1.14. The highest BCUT2D eigenvalue weighted by molar-refractivity contribution is 5.85. The van der Waals surface area contributed by atoms with Gasteiger partial charge in [0.05, 0.1) is 6.42 Å². The van der Waals surface area contributed by atoms with E-state index < -0.39 is 24.3 Å². The van der Waals surface area contributed by atoms with Gasteiger partial charge in [-0.15, -0.1) is 0 Å². The van der Waals surface area contributed by atoms with Crippen molar-refractivity contribution in [2.24, 2.45) is 17.2 Å². The Morgan fingerprint density at radius 3 is 1.55 bits per heavy atom. The van der Waals surface area contributed by atoms with Crippen LogP contribution in [0.1, 0.15) is 77.6 Å². The van der Waals surface area contributed by atoms with Crippen LogP contribution in [-0.2, 0) is 9.59 Å². The van der Waals surface area contributed by atoms with Crippen LogP contribution >= 0.6 is 0 Å². The topological polar surface area (TPSA) is 132 Å². The Kier molecular flexibility index (Phi) is 18.8. The van der Waals surface area contributed by atoms with Gasteiger partial charge in [0.1, 0.15) is 6.10 Å². The zero-order valence-electron chi connectivity index (χ0n) is 14.1. The quantitative estimate of drug-likeness (QED) is 0.384. The Bertz CT molecular complexity index is 263. The van der Waals surface area contributed by atoms with Crippen LogP contribution in [0.5, 0.6) is 0 Å². The number of hydrogen-bond donors (Lipinski definition) is 4. The summed E-state index contributed by atoms with van der Waals surface area (Å²) in [5.41, 5.74) is 14.6. The zero-order valence-corrected chi connectivity index (χ0v) is 14.1. The Morgan fingerprint density at radius 1 is 0.864 bits per heavy atom. The molecule has 0 saturated heterocycles. The summed E-state index contributed by atoms with van der Waals surface area (Å²) >= 11 is 0. The maximum atomic E-state index is 10.00. The van der Waals surface area contributed by atoms with E-state index in [1.54, 1.807) is 0 Å². The molecule has 0 fully saturated rings. The van der Waals surface area contributed by atoms with E-state index in [-0.39, 0.29) is 0 Å². The lowest BCUT2D eigenvalue weighted by molar-refractivity contribution is -0.131. The van der Waals surface area contributed by atoms with Gasteiger partial charge in [-0.3, -0.25) is 9.59 Å². The molecule has 0 aromatic heterocycles. The summed E-state index contributed by atoms with van der Waals surface area (Å²) in [6.07, 6.45) is 12.1. The predicted octanol–water partition coefficient (Wildman–Crippen LogP) is 1.57. The minimum atomic E-state index is -1.44. The van der Waals surface area contributed by atoms with Crippen molar-refractivity contribution in [1.29, 1.82) is 0 Å². The smallest absolute Gasteiger partial charge is 0.246 e. The summed E-state index contributed by atoms with van der Waals surface area (Å²) in [5.74, 6) is -1.69. The predicted molar refractivity (Wildman–Crippen MR) is 89.9 cm³/mol. The molecule has 0 rings (SSSR count). The molecule has 22 heavy (non-hydrogen) atoms. The van der Waals surface area contributed by atoms with E-state index in [9.17, 15) is 9.59 Å². The van der Waals surface area contributed by atoms with Gasteiger partial charge in [0.15, 0.2) is 0 Å². The SMILES string of the molecule is CCCCCCCCCCCCN.NC(=O)CC(O)C(N)=O. The molecule has 7 N–H and O–H groups in total. The fraction of sp³-hybridized carbons (Fsp3) is 0.875. The van der Waals surface area contributed by atoms with E-state index in [2.05, 4.69) is 18.4 Å². The third-order valence-electron chi connectivity index (χ3n) is 3.28. The van der Waals surface area contributed by atoms with Gasteiger partial charge in [0.25, 0.3) is 0 Å². The molecule has 0 spiro atoms. The van der Waals surface area contributed by atoms with Crippen LogP contribution in [0.3, 0.4) is 0 Å². The van der Waals surface area contributed by atoms with Crippen molar-refractivity contribution in [3.8, 4) is 0 Å². The van der Waals surface area contributed by atoms with Gasteiger partial charge in [0.2, 0.25) is 11.8 Å². The van der Waals surface area contributed by atoms with E-state index in [4.69, 9.17) is 10.8 Å². The molecule has 0 bridgehead atoms. The lowest BCUT2D eigenvalue weighted by atomic mass is 10.1. The largest absolute Gasteiger partial charge is 0.383 e. The molecule has 0 aliphatic carbocycles. The molecule has 0 aliphatic rings. The number of aliphatic hydroxyl groups excluding tert-OH is 1. The van der Waals surface area contributed by atoms with E-state index in [1.807, 2.05) is 0 Å².